The van der Waals surface area contributed by atoms with E-state index in [1.54, 1.807) is 6.20 Å². The molecule has 4 nitrogen and oxygen atoms in total. The maximum Gasteiger partial charge on any atom is 0.164 e. The average Bonchev–Trinajstić information content (AvgIpc) is 3.77. The highest BCUT2D eigenvalue weighted by Crippen LogP contribution is 2.46. The predicted octanol–water partition coefficient (Wildman–Crippen LogP) is 12.5. The molecule has 0 atom stereocenters. The van der Waals surface area contributed by atoms with Gasteiger partial charge in [-0.2, -0.15) is 0 Å². The summed E-state index contributed by atoms with van der Waals surface area (Å²) in [5.74, 6) is 0.618. The minimum absolute atomic E-state index is 0.618. The molecule has 0 spiro atoms. The maximum absolute atomic E-state index is 6.75. The van der Waals surface area contributed by atoms with E-state index in [2.05, 4.69) is 120 Å². The minimum atomic E-state index is 0.618. The molecule has 4 aromatic heterocycles. The van der Waals surface area contributed by atoms with E-state index in [9.17, 15) is 0 Å². The number of nitrogens with zero attached hydrogens (tertiary/aromatic N) is 3. The Morgan fingerprint density at radius 2 is 1.12 bits per heavy atom. The smallest absolute Gasteiger partial charge is 0.164 e. The number of hydrogen-bond donors (Lipinski definition) is 0. The van der Waals surface area contributed by atoms with Gasteiger partial charge in [-0.25, -0.2) is 9.97 Å². The molecule has 0 bridgehead atoms. The van der Waals surface area contributed by atoms with Gasteiger partial charge in [0.25, 0.3) is 0 Å². The van der Waals surface area contributed by atoms with Crippen molar-refractivity contribution < 1.29 is 4.42 Å². The second kappa shape index (κ2) is 11.6. The first-order valence-electron chi connectivity index (χ1n) is 16.6. The molecule has 0 saturated carbocycles. The fourth-order valence-corrected chi connectivity index (χ4v) is 8.20. The van der Waals surface area contributed by atoms with E-state index in [4.69, 9.17) is 14.4 Å². The average molecular weight is 658 g/mol. The quantitative estimate of drug-likeness (QED) is 0.185. The maximum atomic E-state index is 6.75. The molecule has 6 aromatic carbocycles. The van der Waals surface area contributed by atoms with Gasteiger partial charge in [0.05, 0.1) is 17.0 Å². The Hall–Kier alpha value is -6.43. The lowest BCUT2D eigenvalue weighted by Gasteiger charge is -2.12. The molecule has 0 aliphatic heterocycles. The van der Waals surface area contributed by atoms with Crippen LogP contribution in [0.5, 0.6) is 0 Å². The van der Waals surface area contributed by atoms with Crippen LogP contribution in [0.3, 0.4) is 0 Å². The van der Waals surface area contributed by atoms with Gasteiger partial charge in [0.2, 0.25) is 0 Å². The van der Waals surface area contributed by atoms with Gasteiger partial charge in [-0.3, -0.25) is 4.98 Å². The topological polar surface area (TPSA) is 51.8 Å². The molecule has 50 heavy (non-hydrogen) atoms. The summed E-state index contributed by atoms with van der Waals surface area (Å²) < 4.78 is 9.31. The third-order valence-electron chi connectivity index (χ3n) is 9.43. The molecule has 4 heterocycles. The Morgan fingerprint density at radius 1 is 0.460 bits per heavy atom. The van der Waals surface area contributed by atoms with Crippen LogP contribution < -0.4 is 0 Å². The normalized spacial score (nSPS) is 11.6. The zero-order valence-corrected chi connectivity index (χ0v) is 27.6. The lowest BCUT2D eigenvalue weighted by molar-refractivity contribution is 0.669. The van der Waals surface area contributed by atoms with Crippen molar-refractivity contribution in [3.63, 3.8) is 0 Å². The molecule has 0 aliphatic carbocycles. The fraction of sp³-hybridized carbons (Fsp3) is 0. The summed E-state index contributed by atoms with van der Waals surface area (Å²) >= 11 is 1.83. The molecular formula is C45H27N3OS. The van der Waals surface area contributed by atoms with Gasteiger partial charge in [0.15, 0.2) is 5.82 Å². The number of thiophene rings is 1. The second-order valence-electron chi connectivity index (χ2n) is 12.4. The van der Waals surface area contributed by atoms with Crippen molar-refractivity contribution in [1.29, 1.82) is 0 Å². The van der Waals surface area contributed by atoms with Crippen molar-refractivity contribution in [1.82, 2.24) is 15.0 Å². The van der Waals surface area contributed by atoms with Crippen LogP contribution in [0.25, 0.3) is 98.3 Å². The van der Waals surface area contributed by atoms with E-state index >= 15 is 0 Å². The van der Waals surface area contributed by atoms with Crippen LogP contribution in [0, 0.1) is 0 Å². The molecule has 10 rings (SSSR count). The third-order valence-corrected chi connectivity index (χ3v) is 10.6. The third kappa shape index (κ3) is 4.71. The first-order valence-corrected chi connectivity index (χ1v) is 17.4. The van der Waals surface area contributed by atoms with Crippen molar-refractivity contribution in [3.8, 4) is 56.2 Å². The van der Waals surface area contributed by atoms with Crippen molar-refractivity contribution in [2.75, 3.05) is 0 Å². The minimum Gasteiger partial charge on any atom is -0.455 e. The Bertz CT molecular complexity index is 2860. The van der Waals surface area contributed by atoms with Crippen LogP contribution in [0.2, 0.25) is 0 Å². The van der Waals surface area contributed by atoms with Gasteiger partial charge >= 0.3 is 0 Å². The number of para-hydroxylation sites is 1. The second-order valence-corrected chi connectivity index (χ2v) is 13.5. The van der Waals surface area contributed by atoms with Crippen molar-refractivity contribution in [2.24, 2.45) is 0 Å². The number of pyridine rings is 1. The van der Waals surface area contributed by atoms with Crippen LogP contribution in [0.15, 0.2) is 168 Å². The molecule has 0 saturated heterocycles. The molecule has 5 heteroatoms. The van der Waals surface area contributed by atoms with Crippen molar-refractivity contribution >= 4 is 53.4 Å². The SMILES string of the molecule is c1ccc(-c2cc(-c3ccc(-c4cccnc4)cc3)nc(-c3ccc(-c4cccc5sc6ccccc6c45)c4c3oc3ccccc34)n2)cc1. The van der Waals surface area contributed by atoms with E-state index in [1.807, 2.05) is 53.9 Å². The highest BCUT2D eigenvalue weighted by molar-refractivity contribution is 7.25. The van der Waals surface area contributed by atoms with Crippen LogP contribution in [0.1, 0.15) is 0 Å². The lowest BCUT2D eigenvalue weighted by Crippen LogP contribution is -1.96. The van der Waals surface area contributed by atoms with Crippen LogP contribution >= 0.6 is 11.3 Å². The van der Waals surface area contributed by atoms with Gasteiger partial charge in [-0.15, -0.1) is 11.3 Å². The van der Waals surface area contributed by atoms with Gasteiger partial charge in [-0.1, -0.05) is 115 Å². The van der Waals surface area contributed by atoms with E-state index < -0.39 is 0 Å². The van der Waals surface area contributed by atoms with E-state index in [1.165, 1.54) is 25.7 Å². The molecule has 0 N–H and O–H groups in total. The molecule has 234 valence electrons. The number of benzene rings is 6. The first kappa shape index (κ1) is 28.6. The highest BCUT2D eigenvalue weighted by Gasteiger charge is 2.22. The van der Waals surface area contributed by atoms with Gasteiger partial charge in [0, 0.05) is 54.5 Å². The number of rotatable bonds is 5. The Kier molecular flexibility index (Phi) is 6.64. The van der Waals surface area contributed by atoms with Crippen LogP contribution in [-0.2, 0) is 0 Å². The van der Waals surface area contributed by atoms with Crippen LogP contribution in [-0.4, -0.2) is 15.0 Å². The number of fused-ring (bicyclic) bond motifs is 6. The van der Waals surface area contributed by atoms with E-state index in [-0.39, 0.29) is 0 Å². The van der Waals surface area contributed by atoms with E-state index in [0.29, 0.717) is 5.82 Å². The molecule has 0 fully saturated rings. The number of furan rings is 1. The molecule has 0 unspecified atom stereocenters. The molecule has 10 aromatic rings. The summed E-state index contributed by atoms with van der Waals surface area (Å²) in [6, 6.07) is 52.8. The number of aromatic nitrogens is 3. The Balaban J connectivity index is 1.21. The van der Waals surface area contributed by atoms with Crippen LogP contribution in [0.4, 0.5) is 0 Å². The number of hydrogen-bond acceptors (Lipinski definition) is 5. The first-order chi connectivity index (χ1) is 24.8. The lowest BCUT2D eigenvalue weighted by atomic mass is 9.93. The van der Waals surface area contributed by atoms with Crippen molar-refractivity contribution in [2.45, 2.75) is 0 Å². The zero-order valence-electron chi connectivity index (χ0n) is 26.7. The summed E-state index contributed by atoms with van der Waals surface area (Å²) in [7, 11) is 0. The molecule has 0 amide bonds. The molecule has 0 radical (unpaired) electrons. The Morgan fingerprint density at radius 3 is 1.94 bits per heavy atom. The van der Waals surface area contributed by atoms with Crippen molar-refractivity contribution in [3.05, 3.63) is 164 Å². The van der Waals surface area contributed by atoms with E-state index in [0.717, 1.165) is 66.7 Å². The fourth-order valence-electron chi connectivity index (χ4n) is 7.07. The summed E-state index contributed by atoms with van der Waals surface area (Å²) in [5, 5.41) is 4.68. The summed E-state index contributed by atoms with van der Waals surface area (Å²) in [6.07, 6.45) is 3.68. The highest BCUT2D eigenvalue weighted by atomic mass is 32.1. The summed E-state index contributed by atoms with van der Waals surface area (Å²) in [4.78, 5) is 14.7. The largest absolute Gasteiger partial charge is 0.455 e. The summed E-state index contributed by atoms with van der Waals surface area (Å²) in [6.45, 7) is 0. The van der Waals surface area contributed by atoms with Gasteiger partial charge in [0.1, 0.15) is 11.2 Å². The molecular weight excluding hydrogens is 631 g/mol. The predicted molar refractivity (Wildman–Crippen MR) is 207 cm³/mol. The standard InChI is InChI=1S/C45H27N3OS/c1-2-10-29(11-3-1)37-26-38(30-21-19-28(20-22-30)31-12-9-25-46-27-31)48-45(47-37)36-24-23-33(43-34-13-4-6-16-39(34)49-44(36)43)32-15-8-18-41-42(32)35-14-5-7-17-40(35)50-41/h1-27H. The monoisotopic (exact) mass is 657 g/mol. The van der Waals surface area contributed by atoms with Gasteiger partial charge < -0.3 is 4.42 Å². The summed E-state index contributed by atoms with van der Waals surface area (Å²) in [5.41, 5.74) is 10.7. The zero-order chi connectivity index (χ0) is 33.0. The molecule has 0 aliphatic rings. The van der Waals surface area contributed by atoms with Gasteiger partial charge in [-0.05, 0) is 58.7 Å². The Labute approximate surface area is 292 Å².